The molecule has 92 valence electrons. The lowest BCUT2D eigenvalue weighted by Gasteiger charge is -2.25. The Balaban J connectivity index is 1.90. The molecule has 0 saturated carbocycles. The number of benzene rings is 1. The zero-order valence-corrected chi connectivity index (χ0v) is 10.3. The van der Waals surface area contributed by atoms with Gasteiger partial charge in [0.2, 0.25) is 0 Å². The summed E-state index contributed by atoms with van der Waals surface area (Å²) < 4.78 is 5.83. The van der Waals surface area contributed by atoms with Crippen LogP contribution < -0.4 is 10.1 Å². The molecule has 0 amide bonds. The number of Topliss-reactive ketones (excluding diaryl/α,β-unsaturated/α-hetero) is 1. The van der Waals surface area contributed by atoms with Crippen molar-refractivity contribution in [3.63, 3.8) is 0 Å². The van der Waals surface area contributed by atoms with E-state index in [4.69, 9.17) is 4.74 Å². The van der Waals surface area contributed by atoms with Crippen LogP contribution in [0.3, 0.4) is 0 Å². The number of hydrogen-bond acceptors (Lipinski definition) is 3. The molecule has 3 rings (SSSR count). The van der Waals surface area contributed by atoms with Crippen molar-refractivity contribution < 1.29 is 9.53 Å². The normalized spacial score (nSPS) is 16.5. The molecule has 0 saturated heterocycles. The first-order chi connectivity index (χ1) is 8.72. The van der Waals surface area contributed by atoms with Crippen molar-refractivity contribution in [2.75, 3.05) is 6.54 Å². The van der Waals surface area contributed by atoms with Crippen LogP contribution in [0.4, 0.5) is 0 Å². The van der Waals surface area contributed by atoms with Crippen molar-refractivity contribution in [1.29, 1.82) is 0 Å². The van der Waals surface area contributed by atoms with Gasteiger partial charge in [0, 0.05) is 25.0 Å². The fraction of sp³-hybridized carbons (Fsp3) is 0.267. The molecule has 2 heterocycles. The molecular weight excluding hydrogens is 226 g/mol. The van der Waals surface area contributed by atoms with Gasteiger partial charge in [-0.3, -0.25) is 4.79 Å². The van der Waals surface area contributed by atoms with E-state index in [9.17, 15) is 4.79 Å². The lowest BCUT2D eigenvalue weighted by Crippen LogP contribution is -2.26. The Morgan fingerprint density at radius 2 is 2.33 bits per heavy atom. The number of carbonyl (C=O) groups excluding carboxylic acids is 1. The van der Waals surface area contributed by atoms with Crippen LogP contribution in [0.1, 0.15) is 18.1 Å². The highest BCUT2D eigenvalue weighted by atomic mass is 16.5. The molecule has 0 radical (unpaired) electrons. The molecule has 1 aromatic rings. The number of hydrogen-bond donors (Lipinski definition) is 1. The van der Waals surface area contributed by atoms with Gasteiger partial charge in [-0.25, -0.2) is 0 Å². The summed E-state index contributed by atoms with van der Waals surface area (Å²) >= 11 is 0. The molecule has 18 heavy (non-hydrogen) atoms. The van der Waals surface area contributed by atoms with Gasteiger partial charge in [-0.2, -0.15) is 0 Å². The lowest BCUT2D eigenvalue weighted by molar-refractivity contribution is -0.116. The van der Waals surface area contributed by atoms with E-state index in [1.807, 2.05) is 12.1 Å². The van der Waals surface area contributed by atoms with Crippen LogP contribution in [0.2, 0.25) is 0 Å². The summed E-state index contributed by atoms with van der Waals surface area (Å²) in [5, 5.41) is 3.23. The van der Waals surface area contributed by atoms with Crippen molar-refractivity contribution in [3.05, 3.63) is 52.9 Å². The van der Waals surface area contributed by atoms with E-state index in [1.165, 1.54) is 5.57 Å². The molecule has 1 aromatic carbocycles. The summed E-state index contributed by atoms with van der Waals surface area (Å²) in [6.07, 6.45) is 5.55. The minimum Gasteiger partial charge on any atom is -0.441 e. The van der Waals surface area contributed by atoms with Gasteiger partial charge in [0.25, 0.3) is 0 Å². The van der Waals surface area contributed by atoms with Gasteiger partial charge in [0.1, 0.15) is 11.5 Å². The molecule has 0 aromatic heterocycles. The molecule has 2 aliphatic rings. The van der Waals surface area contributed by atoms with E-state index in [0.717, 1.165) is 35.7 Å². The Kier molecular flexibility index (Phi) is 2.67. The lowest BCUT2D eigenvalue weighted by atomic mass is 9.97. The van der Waals surface area contributed by atoms with Gasteiger partial charge in [0.05, 0.1) is 0 Å². The predicted octanol–water partition coefficient (Wildman–Crippen LogP) is 2.12. The van der Waals surface area contributed by atoms with Crippen molar-refractivity contribution >= 4 is 5.78 Å². The summed E-state index contributed by atoms with van der Waals surface area (Å²) in [6.45, 7) is 2.43. The predicted molar refractivity (Wildman–Crippen MR) is 69.3 cm³/mol. The quantitative estimate of drug-likeness (QED) is 0.862. The molecule has 3 nitrogen and oxygen atoms in total. The summed E-state index contributed by atoms with van der Waals surface area (Å²) in [5.74, 6) is 1.94. The smallest absolute Gasteiger partial charge is 0.197 e. The topological polar surface area (TPSA) is 38.3 Å². The molecule has 0 spiro atoms. The highest BCUT2D eigenvalue weighted by Crippen LogP contribution is 2.31. The standard InChI is InChI=1S/C15H15NO2/c1-10(17)7-11-4-5-14-13(8-11)9-12-3-2-6-16-15(12)18-14/h2-5,8,16H,6-7,9H2,1H3. The van der Waals surface area contributed by atoms with Crippen LogP contribution in [0.25, 0.3) is 0 Å². The Morgan fingerprint density at radius 1 is 1.44 bits per heavy atom. The molecule has 0 bridgehead atoms. The highest BCUT2D eigenvalue weighted by Gasteiger charge is 2.20. The fourth-order valence-corrected chi connectivity index (χ4v) is 2.37. The first-order valence-corrected chi connectivity index (χ1v) is 6.15. The van der Waals surface area contributed by atoms with Crippen LogP contribution in [-0.4, -0.2) is 12.3 Å². The number of dihydropyridines is 1. The second-order valence-electron chi connectivity index (χ2n) is 4.74. The molecule has 0 aliphatic carbocycles. The van der Waals surface area contributed by atoms with E-state index in [0.29, 0.717) is 6.42 Å². The maximum absolute atomic E-state index is 11.1. The van der Waals surface area contributed by atoms with E-state index in [1.54, 1.807) is 6.92 Å². The number of carbonyl (C=O) groups is 1. The van der Waals surface area contributed by atoms with Crippen LogP contribution in [0.5, 0.6) is 5.75 Å². The molecule has 3 heteroatoms. The van der Waals surface area contributed by atoms with E-state index < -0.39 is 0 Å². The molecule has 1 N–H and O–H groups in total. The van der Waals surface area contributed by atoms with Gasteiger partial charge in [-0.1, -0.05) is 24.3 Å². The van der Waals surface area contributed by atoms with Crippen molar-refractivity contribution in [2.45, 2.75) is 19.8 Å². The first-order valence-electron chi connectivity index (χ1n) is 6.15. The molecule has 0 atom stereocenters. The van der Waals surface area contributed by atoms with Crippen molar-refractivity contribution in [2.24, 2.45) is 0 Å². The first kappa shape index (κ1) is 11.1. The maximum Gasteiger partial charge on any atom is 0.197 e. The molecule has 0 fully saturated rings. The van der Waals surface area contributed by atoms with Crippen molar-refractivity contribution in [3.8, 4) is 5.75 Å². The summed E-state index contributed by atoms with van der Waals surface area (Å²) in [6, 6.07) is 5.99. The Labute approximate surface area is 106 Å². The van der Waals surface area contributed by atoms with Gasteiger partial charge in [0.15, 0.2) is 5.88 Å². The van der Waals surface area contributed by atoms with Crippen molar-refractivity contribution in [1.82, 2.24) is 5.32 Å². The second kappa shape index (κ2) is 4.33. The van der Waals surface area contributed by atoms with Gasteiger partial charge in [-0.15, -0.1) is 0 Å². The molecular formula is C15H15NO2. The average Bonchev–Trinajstić information content (AvgIpc) is 2.35. The Morgan fingerprint density at radius 3 is 3.17 bits per heavy atom. The minimum absolute atomic E-state index is 0.186. The van der Waals surface area contributed by atoms with Crippen LogP contribution in [0, 0.1) is 0 Å². The number of ether oxygens (including phenoxy) is 1. The third-order valence-corrected chi connectivity index (χ3v) is 3.16. The van der Waals surface area contributed by atoms with E-state index in [2.05, 4.69) is 23.5 Å². The zero-order valence-electron chi connectivity index (χ0n) is 10.3. The molecule has 2 aliphatic heterocycles. The number of allylic oxidation sites excluding steroid dienone is 2. The third-order valence-electron chi connectivity index (χ3n) is 3.16. The average molecular weight is 241 g/mol. The van der Waals surface area contributed by atoms with Gasteiger partial charge in [-0.05, 0) is 24.1 Å². The maximum atomic E-state index is 11.1. The summed E-state index contributed by atoms with van der Waals surface area (Å²) in [5.41, 5.74) is 3.39. The van der Waals surface area contributed by atoms with Crippen LogP contribution >= 0.6 is 0 Å². The largest absolute Gasteiger partial charge is 0.441 e. The summed E-state index contributed by atoms with van der Waals surface area (Å²) in [4.78, 5) is 11.1. The van der Waals surface area contributed by atoms with Crippen LogP contribution in [0.15, 0.2) is 41.8 Å². The number of ketones is 1. The monoisotopic (exact) mass is 241 g/mol. The third kappa shape index (κ3) is 2.04. The minimum atomic E-state index is 0.186. The number of nitrogens with one attached hydrogen (secondary N) is 1. The van der Waals surface area contributed by atoms with Crippen LogP contribution in [-0.2, 0) is 17.6 Å². The number of rotatable bonds is 2. The van der Waals surface area contributed by atoms with Gasteiger partial charge < -0.3 is 10.1 Å². The van der Waals surface area contributed by atoms with Gasteiger partial charge >= 0.3 is 0 Å². The zero-order chi connectivity index (χ0) is 12.5. The second-order valence-corrected chi connectivity index (χ2v) is 4.74. The molecule has 0 unspecified atom stereocenters. The number of fused-ring (bicyclic) bond motifs is 1. The van der Waals surface area contributed by atoms with E-state index in [-0.39, 0.29) is 5.78 Å². The SMILES string of the molecule is CC(=O)Cc1ccc2c(c1)CC1=C(NCC=C1)O2. The Bertz CT molecular complexity index is 570. The highest BCUT2D eigenvalue weighted by molar-refractivity contribution is 5.78. The Hall–Kier alpha value is -2.03. The van der Waals surface area contributed by atoms with E-state index >= 15 is 0 Å². The fourth-order valence-electron chi connectivity index (χ4n) is 2.37. The summed E-state index contributed by atoms with van der Waals surface area (Å²) in [7, 11) is 0.